The van der Waals surface area contributed by atoms with Gasteiger partial charge in [0.05, 0.1) is 5.69 Å². The number of hydrogen-bond acceptors (Lipinski definition) is 2. The van der Waals surface area contributed by atoms with E-state index < -0.39 is 0 Å². The molecule has 0 aliphatic carbocycles. The number of aryl methyl sites for hydroxylation is 2. The van der Waals surface area contributed by atoms with Gasteiger partial charge in [0.25, 0.3) is 0 Å². The Balaban J connectivity index is 2.31. The normalized spacial score (nSPS) is 10.6. The van der Waals surface area contributed by atoms with Crippen LogP contribution in [0.15, 0.2) is 24.3 Å². The average Bonchev–Trinajstić information content (AvgIpc) is 2.59. The molecule has 3 nitrogen and oxygen atoms in total. The SMILES string of the molecule is CCCc1ccc(-c2nc(N)[nH]c2C)cc1. The van der Waals surface area contributed by atoms with E-state index in [4.69, 9.17) is 5.73 Å². The van der Waals surface area contributed by atoms with Crippen LogP contribution < -0.4 is 5.73 Å². The minimum atomic E-state index is 0.477. The van der Waals surface area contributed by atoms with E-state index in [1.54, 1.807) is 0 Å². The molecule has 3 heteroatoms. The number of benzene rings is 1. The van der Waals surface area contributed by atoms with Gasteiger partial charge in [-0.3, -0.25) is 0 Å². The fourth-order valence-corrected chi connectivity index (χ4v) is 1.88. The molecule has 0 fully saturated rings. The number of rotatable bonds is 3. The smallest absolute Gasteiger partial charge is 0.198 e. The Bertz CT molecular complexity index is 468. The Morgan fingerprint density at radius 3 is 2.44 bits per heavy atom. The Kier molecular flexibility index (Phi) is 2.95. The summed E-state index contributed by atoms with van der Waals surface area (Å²) in [6.45, 7) is 4.17. The van der Waals surface area contributed by atoms with Crippen molar-refractivity contribution in [1.29, 1.82) is 0 Å². The standard InChI is InChI=1S/C13H17N3/c1-3-4-10-5-7-11(8-6-10)12-9(2)15-13(14)16-12/h5-8H,3-4H2,1-2H3,(H3,14,15,16). The number of anilines is 1. The van der Waals surface area contributed by atoms with Crippen molar-refractivity contribution in [3.05, 3.63) is 35.5 Å². The largest absolute Gasteiger partial charge is 0.369 e. The minimum Gasteiger partial charge on any atom is -0.369 e. The van der Waals surface area contributed by atoms with Gasteiger partial charge in [-0.15, -0.1) is 0 Å². The highest BCUT2D eigenvalue weighted by molar-refractivity contribution is 5.63. The number of H-pyrrole nitrogens is 1. The van der Waals surface area contributed by atoms with Crippen LogP contribution in [0.1, 0.15) is 24.6 Å². The molecular formula is C13H17N3. The molecule has 2 rings (SSSR count). The summed E-state index contributed by atoms with van der Waals surface area (Å²) >= 11 is 0. The van der Waals surface area contributed by atoms with Crippen LogP contribution in [0.25, 0.3) is 11.3 Å². The van der Waals surface area contributed by atoms with E-state index in [2.05, 4.69) is 41.2 Å². The van der Waals surface area contributed by atoms with E-state index in [9.17, 15) is 0 Å². The number of aromatic amines is 1. The molecule has 2 aromatic rings. The summed E-state index contributed by atoms with van der Waals surface area (Å²) in [5.74, 6) is 0.477. The lowest BCUT2D eigenvalue weighted by Gasteiger charge is -2.01. The van der Waals surface area contributed by atoms with Crippen molar-refractivity contribution in [3.8, 4) is 11.3 Å². The molecule has 84 valence electrons. The van der Waals surface area contributed by atoms with E-state index in [1.165, 1.54) is 12.0 Å². The first-order valence-corrected chi connectivity index (χ1v) is 5.62. The third-order valence-electron chi connectivity index (χ3n) is 2.67. The van der Waals surface area contributed by atoms with E-state index in [-0.39, 0.29) is 0 Å². The van der Waals surface area contributed by atoms with Crippen molar-refractivity contribution in [2.45, 2.75) is 26.7 Å². The fraction of sp³-hybridized carbons (Fsp3) is 0.308. The molecule has 1 aromatic heterocycles. The second-order valence-electron chi connectivity index (χ2n) is 4.04. The molecule has 0 saturated heterocycles. The van der Waals surface area contributed by atoms with E-state index in [1.807, 2.05) is 6.92 Å². The molecule has 0 atom stereocenters. The molecule has 0 aliphatic rings. The summed E-state index contributed by atoms with van der Waals surface area (Å²) in [4.78, 5) is 7.29. The number of nitrogen functional groups attached to an aromatic ring is 1. The van der Waals surface area contributed by atoms with Crippen molar-refractivity contribution >= 4 is 5.95 Å². The highest BCUT2D eigenvalue weighted by Gasteiger charge is 2.06. The molecule has 0 saturated carbocycles. The maximum atomic E-state index is 5.63. The van der Waals surface area contributed by atoms with Gasteiger partial charge in [-0.2, -0.15) is 0 Å². The maximum Gasteiger partial charge on any atom is 0.198 e. The molecule has 0 radical (unpaired) electrons. The predicted molar refractivity (Wildman–Crippen MR) is 67.2 cm³/mol. The summed E-state index contributed by atoms with van der Waals surface area (Å²) < 4.78 is 0. The lowest BCUT2D eigenvalue weighted by molar-refractivity contribution is 0.922. The van der Waals surface area contributed by atoms with Crippen LogP contribution >= 0.6 is 0 Å². The van der Waals surface area contributed by atoms with Gasteiger partial charge >= 0.3 is 0 Å². The summed E-state index contributed by atoms with van der Waals surface area (Å²) in [5.41, 5.74) is 10.1. The highest BCUT2D eigenvalue weighted by Crippen LogP contribution is 2.22. The Morgan fingerprint density at radius 1 is 1.25 bits per heavy atom. The molecule has 0 bridgehead atoms. The summed E-state index contributed by atoms with van der Waals surface area (Å²) in [6.07, 6.45) is 2.30. The lowest BCUT2D eigenvalue weighted by Crippen LogP contribution is -1.86. The van der Waals surface area contributed by atoms with Crippen molar-refractivity contribution < 1.29 is 0 Å². The molecule has 1 aromatic carbocycles. The summed E-state index contributed by atoms with van der Waals surface area (Å²) in [5, 5.41) is 0. The second kappa shape index (κ2) is 4.39. The summed E-state index contributed by atoms with van der Waals surface area (Å²) in [6, 6.07) is 8.52. The van der Waals surface area contributed by atoms with Crippen LogP contribution in [0.4, 0.5) is 5.95 Å². The summed E-state index contributed by atoms with van der Waals surface area (Å²) in [7, 11) is 0. The van der Waals surface area contributed by atoms with Crippen LogP contribution in [-0.4, -0.2) is 9.97 Å². The fourth-order valence-electron chi connectivity index (χ4n) is 1.88. The third-order valence-corrected chi connectivity index (χ3v) is 2.67. The van der Waals surface area contributed by atoms with Crippen molar-refractivity contribution in [2.75, 3.05) is 5.73 Å². The molecule has 0 unspecified atom stereocenters. The van der Waals surface area contributed by atoms with Gasteiger partial charge in [0.1, 0.15) is 0 Å². The van der Waals surface area contributed by atoms with Gasteiger partial charge in [0.2, 0.25) is 0 Å². The minimum absolute atomic E-state index is 0.477. The van der Waals surface area contributed by atoms with E-state index in [0.29, 0.717) is 5.95 Å². The molecule has 16 heavy (non-hydrogen) atoms. The average molecular weight is 215 g/mol. The number of nitrogens with zero attached hydrogens (tertiary/aromatic N) is 1. The van der Waals surface area contributed by atoms with Gasteiger partial charge in [0.15, 0.2) is 5.95 Å². The number of nitrogens with one attached hydrogen (secondary N) is 1. The van der Waals surface area contributed by atoms with Crippen LogP contribution in [-0.2, 0) is 6.42 Å². The maximum absolute atomic E-state index is 5.63. The van der Waals surface area contributed by atoms with Gasteiger partial charge in [-0.25, -0.2) is 4.98 Å². The first-order valence-electron chi connectivity index (χ1n) is 5.62. The van der Waals surface area contributed by atoms with Gasteiger partial charge < -0.3 is 10.7 Å². The molecule has 0 amide bonds. The zero-order valence-electron chi connectivity index (χ0n) is 9.75. The van der Waals surface area contributed by atoms with Crippen molar-refractivity contribution in [1.82, 2.24) is 9.97 Å². The number of aromatic nitrogens is 2. The van der Waals surface area contributed by atoms with Crippen LogP contribution in [0.3, 0.4) is 0 Å². The monoisotopic (exact) mass is 215 g/mol. The Labute approximate surface area is 95.7 Å². The van der Waals surface area contributed by atoms with Crippen LogP contribution in [0, 0.1) is 6.92 Å². The lowest BCUT2D eigenvalue weighted by atomic mass is 10.1. The van der Waals surface area contributed by atoms with Crippen molar-refractivity contribution in [2.24, 2.45) is 0 Å². The molecule has 3 N–H and O–H groups in total. The van der Waals surface area contributed by atoms with Crippen LogP contribution in [0.2, 0.25) is 0 Å². The zero-order chi connectivity index (χ0) is 11.5. The first kappa shape index (κ1) is 10.7. The molecule has 0 aliphatic heterocycles. The second-order valence-corrected chi connectivity index (χ2v) is 4.04. The van der Waals surface area contributed by atoms with Gasteiger partial charge in [-0.1, -0.05) is 37.6 Å². The molecule has 1 heterocycles. The first-order chi connectivity index (χ1) is 7.70. The zero-order valence-corrected chi connectivity index (χ0v) is 9.75. The third kappa shape index (κ3) is 2.08. The molecule has 0 spiro atoms. The van der Waals surface area contributed by atoms with Crippen molar-refractivity contribution in [3.63, 3.8) is 0 Å². The van der Waals surface area contributed by atoms with Crippen LogP contribution in [0.5, 0.6) is 0 Å². The van der Waals surface area contributed by atoms with E-state index in [0.717, 1.165) is 23.4 Å². The quantitative estimate of drug-likeness (QED) is 0.827. The van der Waals surface area contributed by atoms with E-state index >= 15 is 0 Å². The topological polar surface area (TPSA) is 54.7 Å². The Hall–Kier alpha value is -1.77. The predicted octanol–water partition coefficient (Wildman–Crippen LogP) is 2.92. The number of nitrogens with two attached hydrogens (primary N) is 1. The number of imidazole rings is 1. The van der Waals surface area contributed by atoms with Gasteiger partial charge in [-0.05, 0) is 18.9 Å². The highest BCUT2D eigenvalue weighted by atomic mass is 15.0. The molecular weight excluding hydrogens is 198 g/mol. The Morgan fingerprint density at radius 2 is 1.94 bits per heavy atom. The van der Waals surface area contributed by atoms with Gasteiger partial charge in [0, 0.05) is 11.3 Å². The number of hydrogen-bond donors (Lipinski definition) is 2.